The highest BCUT2D eigenvalue weighted by Gasteiger charge is 2.34. The third kappa shape index (κ3) is 3.00. The molecule has 1 N–H and O–H groups in total. The molecule has 2 aliphatic carbocycles. The highest BCUT2D eigenvalue weighted by Crippen LogP contribution is 2.41. The summed E-state index contributed by atoms with van der Waals surface area (Å²) in [6.07, 6.45) is 10.1. The van der Waals surface area contributed by atoms with Crippen molar-refractivity contribution >= 4 is 0 Å². The maximum atomic E-state index is 3.83. The molecular formula is C15H29N. The van der Waals surface area contributed by atoms with E-state index in [1.54, 1.807) is 0 Å². The quantitative estimate of drug-likeness (QED) is 0.760. The summed E-state index contributed by atoms with van der Waals surface area (Å²) < 4.78 is 0. The second kappa shape index (κ2) is 5.08. The van der Waals surface area contributed by atoms with Gasteiger partial charge in [-0.3, -0.25) is 0 Å². The van der Waals surface area contributed by atoms with Crippen LogP contribution in [0.15, 0.2) is 0 Å². The van der Waals surface area contributed by atoms with E-state index < -0.39 is 0 Å². The summed E-state index contributed by atoms with van der Waals surface area (Å²) in [6.45, 7) is 8.54. The first kappa shape index (κ1) is 12.4. The Labute approximate surface area is 101 Å². The molecule has 2 fully saturated rings. The molecule has 16 heavy (non-hydrogen) atoms. The Morgan fingerprint density at radius 1 is 1.00 bits per heavy atom. The molecule has 0 atom stereocenters. The van der Waals surface area contributed by atoms with E-state index in [1.165, 1.54) is 51.5 Å². The van der Waals surface area contributed by atoms with Gasteiger partial charge in [0.2, 0.25) is 0 Å². The van der Waals surface area contributed by atoms with Crippen LogP contribution in [0.5, 0.6) is 0 Å². The summed E-state index contributed by atoms with van der Waals surface area (Å²) in [6, 6.07) is 0.815. The largest absolute Gasteiger partial charge is 0.313 e. The Balaban J connectivity index is 1.70. The van der Waals surface area contributed by atoms with Gasteiger partial charge >= 0.3 is 0 Å². The molecule has 0 bridgehead atoms. The van der Waals surface area contributed by atoms with Gasteiger partial charge in [-0.05, 0) is 55.8 Å². The van der Waals surface area contributed by atoms with Gasteiger partial charge in [-0.1, -0.05) is 27.2 Å². The van der Waals surface area contributed by atoms with Crippen molar-refractivity contribution in [1.29, 1.82) is 0 Å². The minimum absolute atomic E-state index is 0.529. The summed E-state index contributed by atoms with van der Waals surface area (Å²) in [7, 11) is 0. The van der Waals surface area contributed by atoms with Crippen LogP contribution in [0, 0.1) is 17.3 Å². The zero-order valence-electron chi connectivity index (χ0n) is 11.4. The lowest BCUT2D eigenvalue weighted by atomic mass is 9.67. The summed E-state index contributed by atoms with van der Waals surface area (Å²) in [4.78, 5) is 0. The van der Waals surface area contributed by atoms with Gasteiger partial charge in [0.1, 0.15) is 0 Å². The maximum Gasteiger partial charge on any atom is 0.00674 e. The minimum Gasteiger partial charge on any atom is -0.313 e. The molecule has 2 saturated carbocycles. The molecule has 0 heterocycles. The van der Waals surface area contributed by atoms with Crippen LogP contribution in [0.2, 0.25) is 0 Å². The number of rotatable bonds is 4. The predicted molar refractivity (Wildman–Crippen MR) is 70.5 cm³/mol. The molecule has 0 radical (unpaired) electrons. The summed E-state index contributed by atoms with van der Waals surface area (Å²) in [5.74, 6) is 1.96. The zero-order valence-corrected chi connectivity index (χ0v) is 11.4. The van der Waals surface area contributed by atoms with Crippen LogP contribution in [-0.2, 0) is 0 Å². The lowest BCUT2D eigenvalue weighted by Gasteiger charge is -2.42. The molecule has 1 nitrogen and oxygen atoms in total. The van der Waals surface area contributed by atoms with Gasteiger partial charge in [-0.25, -0.2) is 0 Å². The third-order valence-corrected chi connectivity index (χ3v) is 5.07. The molecule has 0 amide bonds. The molecule has 0 saturated heterocycles. The van der Waals surface area contributed by atoms with Crippen molar-refractivity contribution in [1.82, 2.24) is 5.32 Å². The Morgan fingerprint density at radius 3 is 2.12 bits per heavy atom. The van der Waals surface area contributed by atoms with Crippen LogP contribution in [0.3, 0.4) is 0 Å². The van der Waals surface area contributed by atoms with Gasteiger partial charge in [0.05, 0.1) is 0 Å². The van der Waals surface area contributed by atoms with E-state index in [0.717, 1.165) is 17.9 Å². The highest BCUT2D eigenvalue weighted by molar-refractivity contribution is 4.87. The summed E-state index contributed by atoms with van der Waals surface area (Å²) >= 11 is 0. The van der Waals surface area contributed by atoms with Crippen molar-refractivity contribution in [3.05, 3.63) is 0 Å². The average molecular weight is 223 g/mol. The minimum atomic E-state index is 0.529. The second-order valence-electron chi connectivity index (χ2n) is 6.95. The van der Waals surface area contributed by atoms with Crippen molar-refractivity contribution in [2.75, 3.05) is 6.54 Å². The fourth-order valence-corrected chi connectivity index (χ4v) is 3.21. The monoisotopic (exact) mass is 223 g/mol. The van der Waals surface area contributed by atoms with Gasteiger partial charge in [-0.15, -0.1) is 0 Å². The third-order valence-electron chi connectivity index (χ3n) is 5.07. The molecule has 0 aromatic rings. The SMILES string of the molecule is CC1CCC(NCC(C)(C)C2CCC2)CC1. The van der Waals surface area contributed by atoms with Gasteiger partial charge in [0.25, 0.3) is 0 Å². The zero-order chi connectivity index (χ0) is 11.6. The van der Waals surface area contributed by atoms with Gasteiger partial charge in [0, 0.05) is 12.6 Å². The fourth-order valence-electron chi connectivity index (χ4n) is 3.21. The van der Waals surface area contributed by atoms with E-state index in [-0.39, 0.29) is 0 Å². The van der Waals surface area contributed by atoms with Crippen LogP contribution >= 0.6 is 0 Å². The lowest BCUT2D eigenvalue weighted by molar-refractivity contribution is 0.111. The van der Waals surface area contributed by atoms with Crippen LogP contribution in [0.4, 0.5) is 0 Å². The smallest absolute Gasteiger partial charge is 0.00674 e. The number of hydrogen-bond acceptors (Lipinski definition) is 1. The van der Waals surface area contributed by atoms with E-state index in [9.17, 15) is 0 Å². The topological polar surface area (TPSA) is 12.0 Å². The number of hydrogen-bond donors (Lipinski definition) is 1. The van der Waals surface area contributed by atoms with E-state index in [0.29, 0.717) is 5.41 Å². The summed E-state index contributed by atoms with van der Waals surface area (Å²) in [5.41, 5.74) is 0.529. The molecule has 0 aliphatic heterocycles. The maximum absolute atomic E-state index is 3.83. The normalized spacial score (nSPS) is 32.4. The molecular weight excluding hydrogens is 194 g/mol. The lowest BCUT2D eigenvalue weighted by Crippen LogP contribution is -2.43. The van der Waals surface area contributed by atoms with Crippen LogP contribution < -0.4 is 5.32 Å². The van der Waals surface area contributed by atoms with Gasteiger partial charge < -0.3 is 5.32 Å². The van der Waals surface area contributed by atoms with Crippen molar-refractivity contribution in [2.24, 2.45) is 17.3 Å². The van der Waals surface area contributed by atoms with Crippen molar-refractivity contribution in [3.63, 3.8) is 0 Å². The Morgan fingerprint density at radius 2 is 1.62 bits per heavy atom. The highest BCUT2D eigenvalue weighted by atomic mass is 14.9. The molecule has 0 aromatic heterocycles. The standard InChI is InChI=1S/C15H29N/c1-12-7-9-14(10-8-12)16-11-15(2,3)13-5-4-6-13/h12-14,16H,4-11H2,1-3H3. The first-order chi connectivity index (χ1) is 7.58. The molecule has 94 valence electrons. The van der Waals surface area contributed by atoms with Crippen molar-refractivity contribution in [2.45, 2.75) is 71.8 Å². The first-order valence-electron chi connectivity index (χ1n) is 7.31. The molecule has 0 unspecified atom stereocenters. The molecule has 0 aromatic carbocycles. The van der Waals surface area contributed by atoms with Crippen LogP contribution in [-0.4, -0.2) is 12.6 Å². The fraction of sp³-hybridized carbons (Fsp3) is 1.00. The predicted octanol–water partition coefficient (Wildman–Crippen LogP) is 3.98. The molecule has 1 heteroatoms. The van der Waals surface area contributed by atoms with E-state index in [4.69, 9.17) is 0 Å². The van der Waals surface area contributed by atoms with Crippen molar-refractivity contribution in [3.8, 4) is 0 Å². The Hall–Kier alpha value is -0.0400. The van der Waals surface area contributed by atoms with Crippen LogP contribution in [0.25, 0.3) is 0 Å². The van der Waals surface area contributed by atoms with E-state index in [1.807, 2.05) is 0 Å². The van der Waals surface area contributed by atoms with Crippen molar-refractivity contribution < 1.29 is 0 Å². The molecule has 2 aliphatic rings. The number of nitrogens with one attached hydrogen (secondary N) is 1. The Kier molecular flexibility index (Phi) is 3.94. The first-order valence-corrected chi connectivity index (χ1v) is 7.31. The second-order valence-corrected chi connectivity index (χ2v) is 6.95. The van der Waals surface area contributed by atoms with Gasteiger partial charge in [0.15, 0.2) is 0 Å². The average Bonchev–Trinajstić information content (AvgIpc) is 2.13. The van der Waals surface area contributed by atoms with E-state index in [2.05, 4.69) is 26.1 Å². The molecule has 0 spiro atoms. The molecule has 2 rings (SSSR count). The summed E-state index contributed by atoms with van der Waals surface area (Å²) in [5, 5.41) is 3.83. The van der Waals surface area contributed by atoms with Gasteiger partial charge in [-0.2, -0.15) is 0 Å². The van der Waals surface area contributed by atoms with E-state index >= 15 is 0 Å². The van der Waals surface area contributed by atoms with Crippen LogP contribution in [0.1, 0.15) is 65.7 Å². The Bertz CT molecular complexity index is 209.